The van der Waals surface area contributed by atoms with Gasteiger partial charge < -0.3 is 10.0 Å². The van der Waals surface area contributed by atoms with Crippen LogP contribution in [-0.4, -0.2) is 59.6 Å². The molecule has 0 aliphatic heterocycles. The molecule has 0 amide bonds. The van der Waals surface area contributed by atoms with Crippen LogP contribution in [0.2, 0.25) is 0 Å². The maximum Gasteiger partial charge on any atom is 0.322 e. The van der Waals surface area contributed by atoms with Crippen LogP contribution in [0.5, 0.6) is 0 Å². The molecular formula is C15H32N2O2. The minimum atomic E-state index is -0.681. The van der Waals surface area contributed by atoms with Crippen LogP contribution in [0.1, 0.15) is 53.4 Å². The fourth-order valence-corrected chi connectivity index (χ4v) is 2.52. The van der Waals surface area contributed by atoms with Crippen LogP contribution in [0.4, 0.5) is 0 Å². The Bertz CT molecular complexity index is 222. The van der Waals surface area contributed by atoms with E-state index in [2.05, 4.69) is 37.5 Å². The zero-order valence-electron chi connectivity index (χ0n) is 13.2. The molecule has 0 bridgehead atoms. The van der Waals surface area contributed by atoms with Gasteiger partial charge in [0, 0.05) is 6.54 Å². The van der Waals surface area contributed by atoms with Gasteiger partial charge in [0.1, 0.15) is 6.04 Å². The van der Waals surface area contributed by atoms with Crippen LogP contribution in [0, 0.1) is 0 Å². The van der Waals surface area contributed by atoms with E-state index in [0.29, 0.717) is 6.54 Å². The maximum absolute atomic E-state index is 11.6. The highest BCUT2D eigenvalue weighted by atomic mass is 16.4. The minimum Gasteiger partial charge on any atom is -0.480 e. The Kier molecular flexibility index (Phi) is 10.9. The van der Waals surface area contributed by atoms with Crippen LogP contribution < -0.4 is 0 Å². The van der Waals surface area contributed by atoms with Crippen molar-refractivity contribution in [2.75, 3.05) is 32.7 Å². The molecule has 1 atom stereocenters. The molecule has 0 aromatic carbocycles. The third-order valence-electron chi connectivity index (χ3n) is 3.26. The maximum atomic E-state index is 11.6. The van der Waals surface area contributed by atoms with E-state index in [1.165, 1.54) is 0 Å². The standard InChI is InChI=1S/C15H32N2O2/c1-5-9-16(10-6-2)13-14(15(18)19)17(11-7-3)12-8-4/h14H,5-13H2,1-4H3,(H,18,19)/t14-/m0/s1. The Morgan fingerprint density at radius 2 is 1.32 bits per heavy atom. The van der Waals surface area contributed by atoms with E-state index in [1.807, 2.05) is 0 Å². The first-order valence-corrected chi connectivity index (χ1v) is 7.79. The first-order chi connectivity index (χ1) is 9.10. The normalized spacial score (nSPS) is 13.2. The number of carbonyl (C=O) groups is 1. The molecule has 0 saturated heterocycles. The van der Waals surface area contributed by atoms with Crippen LogP contribution in [0.15, 0.2) is 0 Å². The summed E-state index contributed by atoms with van der Waals surface area (Å²) in [7, 11) is 0. The lowest BCUT2D eigenvalue weighted by atomic mass is 10.2. The summed E-state index contributed by atoms with van der Waals surface area (Å²) in [5, 5.41) is 9.51. The van der Waals surface area contributed by atoms with Crippen molar-refractivity contribution >= 4 is 5.97 Å². The van der Waals surface area contributed by atoms with Gasteiger partial charge in [-0.05, 0) is 51.9 Å². The Balaban J connectivity index is 4.69. The van der Waals surface area contributed by atoms with Crippen molar-refractivity contribution in [2.24, 2.45) is 0 Å². The van der Waals surface area contributed by atoms with Crippen molar-refractivity contribution in [1.82, 2.24) is 9.80 Å². The Morgan fingerprint density at radius 3 is 1.63 bits per heavy atom. The Hall–Kier alpha value is -0.610. The van der Waals surface area contributed by atoms with E-state index >= 15 is 0 Å². The molecule has 4 heteroatoms. The second-order valence-electron chi connectivity index (χ2n) is 5.19. The molecule has 114 valence electrons. The van der Waals surface area contributed by atoms with Crippen molar-refractivity contribution in [1.29, 1.82) is 0 Å². The molecule has 0 aromatic heterocycles. The number of nitrogens with zero attached hydrogens (tertiary/aromatic N) is 2. The predicted octanol–water partition coefficient (Wildman–Crippen LogP) is 2.68. The monoisotopic (exact) mass is 272 g/mol. The largest absolute Gasteiger partial charge is 0.480 e. The van der Waals surface area contributed by atoms with E-state index in [0.717, 1.165) is 51.9 Å². The topological polar surface area (TPSA) is 43.8 Å². The third-order valence-corrected chi connectivity index (χ3v) is 3.26. The molecular weight excluding hydrogens is 240 g/mol. The van der Waals surface area contributed by atoms with E-state index < -0.39 is 5.97 Å². The molecule has 1 N–H and O–H groups in total. The minimum absolute atomic E-state index is 0.363. The fraction of sp³-hybridized carbons (Fsp3) is 0.933. The van der Waals surface area contributed by atoms with Gasteiger partial charge in [-0.1, -0.05) is 27.7 Å². The lowest BCUT2D eigenvalue weighted by Crippen LogP contribution is -2.49. The van der Waals surface area contributed by atoms with E-state index in [9.17, 15) is 9.90 Å². The molecule has 0 unspecified atom stereocenters. The molecule has 0 spiro atoms. The zero-order valence-corrected chi connectivity index (χ0v) is 13.2. The molecule has 0 radical (unpaired) electrons. The SMILES string of the molecule is CCCN(CCC)C[C@@H](C(=O)O)N(CCC)CCC. The second-order valence-corrected chi connectivity index (χ2v) is 5.19. The molecule has 0 aliphatic rings. The van der Waals surface area contributed by atoms with Crippen LogP contribution in [0.25, 0.3) is 0 Å². The number of carboxylic acids is 1. The summed E-state index contributed by atoms with van der Waals surface area (Å²) >= 11 is 0. The summed E-state index contributed by atoms with van der Waals surface area (Å²) in [4.78, 5) is 16.0. The van der Waals surface area contributed by atoms with Gasteiger partial charge in [-0.2, -0.15) is 0 Å². The third kappa shape index (κ3) is 7.53. The van der Waals surface area contributed by atoms with Crippen molar-refractivity contribution in [2.45, 2.75) is 59.4 Å². The van der Waals surface area contributed by atoms with Gasteiger partial charge in [-0.3, -0.25) is 9.69 Å². The molecule has 0 saturated carbocycles. The second kappa shape index (κ2) is 11.2. The summed E-state index contributed by atoms with van der Waals surface area (Å²) in [6.45, 7) is 12.9. The average molecular weight is 272 g/mol. The van der Waals surface area contributed by atoms with Crippen LogP contribution in [0.3, 0.4) is 0 Å². The first-order valence-electron chi connectivity index (χ1n) is 7.79. The van der Waals surface area contributed by atoms with Gasteiger partial charge in [0.15, 0.2) is 0 Å². The molecule has 0 aromatic rings. The van der Waals surface area contributed by atoms with E-state index in [-0.39, 0.29) is 6.04 Å². The van der Waals surface area contributed by atoms with Gasteiger partial charge in [-0.25, -0.2) is 0 Å². The number of hydrogen-bond donors (Lipinski definition) is 1. The highest BCUT2D eigenvalue weighted by Crippen LogP contribution is 2.07. The van der Waals surface area contributed by atoms with E-state index in [1.54, 1.807) is 0 Å². The molecule has 19 heavy (non-hydrogen) atoms. The average Bonchev–Trinajstić information content (AvgIpc) is 2.36. The van der Waals surface area contributed by atoms with Gasteiger partial charge in [-0.15, -0.1) is 0 Å². The molecule has 4 nitrogen and oxygen atoms in total. The smallest absolute Gasteiger partial charge is 0.322 e. The van der Waals surface area contributed by atoms with Crippen LogP contribution in [-0.2, 0) is 4.79 Å². The Labute approximate surface area is 118 Å². The lowest BCUT2D eigenvalue weighted by Gasteiger charge is -2.32. The van der Waals surface area contributed by atoms with E-state index in [4.69, 9.17) is 0 Å². The predicted molar refractivity (Wildman–Crippen MR) is 80.6 cm³/mol. The van der Waals surface area contributed by atoms with Gasteiger partial charge in [0.05, 0.1) is 0 Å². The number of rotatable bonds is 12. The Morgan fingerprint density at radius 1 is 0.895 bits per heavy atom. The summed E-state index contributed by atoms with van der Waals surface area (Å²) in [5.74, 6) is -0.681. The quantitative estimate of drug-likeness (QED) is 0.593. The van der Waals surface area contributed by atoms with Crippen molar-refractivity contribution in [3.63, 3.8) is 0 Å². The van der Waals surface area contributed by atoms with Crippen molar-refractivity contribution in [3.8, 4) is 0 Å². The highest BCUT2D eigenvalue weighted by molar-refractivity contribution is 5.73. The van der Waals surface area contributed by atoms with Gasteiger partial charge in [0.25, 0.3) is 0 Å². The zero-order chi connectivity index (χ0) is 14.7. The summed E-state index contributed by atoms with van der Waals surface area (Å²) < 4.78 is 0. The molecule has 0 aliphatic carbocycles. The summed E-state index contributed by atoms with van der Waals surface area (Å²) in [6.07, 6.45) is 4.17. The summed E-state index contributed by atoms with van der Waals surface area (Å²) in [5.41, 5.74) is 0. The number of hydrogen-bond acceptors (Lipinski definition) is 3. The summed E-state index contributed by atoms with van der Waals surface area (Å²) in [6, 6.07) is -0.363. The molecule has 0 fully saturated rings. The van der Waals surface area contributed by atoms with Gasteiger partial charge >= 0.3 is 5.97 Å². The first kappa shape index (κ1) is 18.4. The fourth-order valence-electron chi connectivity index (χ4n) is 2.52. The molecule has 0 rings (SSSR count). The number of carboxylic acid groups (broad SMARTS) is 1. The van der Waals surface area contributed by atoms with Crippen molar-refractivity contribution in [3.05, 3.63) is 0 Å². The molecule has 0 heterocycles. The number of aliphatic carboxylic acids is 1. The van der Waals surface area contributed by atoms with Crippen LogP contribution >= 0.6 is 0 Å². The van der Waals surface area contributed by atoms with Crippen molar-refractivity contribution < 1.29 is 9.90 Å². The highest BCUT2D eigenvalue weighted by Gasteiger charge is 2.26. The lowest BCUT2D eigenvalue weighted by molar-refractivity contribution is -0.144. The van der Waals surface area contributed by atoms with Gasteiger partial charge in [0.2, 0.25) is 0 Å².